The van der Waals surface area contributed by atoms with Gasteiger partial charge >= 0.3 is 0 Å². The summed E-state index contributed by atoms with van der Waals surface area (Å²) >= 11 is 6.16. The van der Waals surface area contributed by atoms with Gasteiger partial charge in [-0.3, -0.25) is 4.79 Å². The van der Waals surface area contributed by atoms with Gasteiger partial charge in [0, 0.05) is 11.1 Å². The number of hydrogen-bond acceptors (Lipinski definition) is 3. The number of carbonyl (C=O) groups excluding carboxylic acids is 1. The van der Waals surface area contributed by atoms with Crippen molar-refractivity contribution < 1.29 is 14.3 Å². The lowest BCUT2D eigenvalue weighted by molar-refractivity contribution is 0.0958. The van der Waals surface area contributed by atoms with Crippen LogP contribution in [-0.4, -0.2) is 26.2 Å². The normalized spacial score (nSPS) is 9.62. The summed E-state index contributed by atoms with van der Waals surface area (Å²) in [6.07, 6.45) is 0. The van der Waals surface area contributed by atoms with Gasteiger partial charge in [-0.2, -0.15) is 0 Å². The van der Waals surface area contributed by atoms with Gasteiger partial charge in [-0.25, -0.2) is 0 Å². The zero-order chi connectivity index (χ0) is 17.4. The van der Waals surface area contributed by atoms with Crippen LogP contribution in [0.25, 0.3) is 0 Å². The Bertz CT molecular complexity index is 763. The average molecular weight is 344 g/mol. The third-order valence-corrected chi connectivity index (χ3v) is 3.40. The molecule has 0 aromatic heterocycles. The van der Waals surface area contributed by atoms with E-state index in [1.165, 1.54) is 7.11 Å². The first-order valence-corrected chi connectivity index (χ1v) is 7.86. The molecule has 1 amide bonds. The predicted molar refractivity (Wildman–Crippen MR) is 94.8 cm³/mol. The molecule has 0 unspecified atom stereocenters. The zero-order valence-corrected chi connectivity index (χ0v) is 14.3. The summed E-state index contributed by atoms with van der Waals surface area (Å²) in [6.45, 7) is 2.54. The number of carbonyl (C=O) groups is 1. The van der Waals surface area contributed by atoms with Gasteiger partial charge in [0.25, 0.3) is 5.91 Å². The maximum Gasteiger partial charge on any atom is 0.252 e. The lowest BCUT2D eigenvalue weighted by Crippen LogP contribution is -2.23. The van der Waals surface area contributed by atoms with Crippen LogP contribution in [0, 0.1) is 11.8 Å². The number of benzene rings is 2. The molecular formula is C19H18ClNO3. The maximum absolute atomic E-state index is 12.2. The van der Waals surface area contributed by atoms with Crippen molar-refractivity contribution in [3.63, 3.8) is 0 Å². The van der Waals surface area contributed by atoms with Crippen LogP contribution < -0.4 is 14.8 Å². The van der Waals surface area contributed by atoms with Gasteiger partial charge in [0.05, 0.1) is 25.3 Å². The van der Waals surface area contributed by atoms with Crippen LogP contribution in [0.15, 0.2) is 42.5 Å². The molecule has 0 heterocycles. The predicted octanol–water partition coefficient (Wildman–Crippen LogP) is 3.53. The molecule has 0 atom stereocenters. The molecule has 0 spiro atoms. The van der Waals surface area contributed by atoms with E-state index in [1.807, 2.05) is 37.3 Å². The van der Waals surface area contributed by atoms with Gasteiger partial charge in [-0.15, -0.1) is 0 Å². The van der Waals surface area contributed by atoms with Crippen molar-refractivity contribution in [2.24, 2.45) is 0 Å². The minimum absolute atomic E-state index is 0.237. The van der Waals surface area contributed by atoms with Crippen LogP contribution in [0.4, 0.5) is 0 Å². The summed E-state index contributed by atoms with van der Waals surface area (Å²) in [7, 11) is 1.50. The highest BCUT2D eigenvalue weighted by Crippen LogP contribution is 2.36. The first-order valence-electron chi connectivity index (χ1n) is 7.48. The summed E-state index contributed by atoms with van der Waals surface area (Å²) in [5.41, 5.74) is 1.29. The average Bonchev–Trinajstić information content (AvgIpc) is 2.61. The first kappa shape index (κ1) is 17.7. The standard InChI is InChI=1S/C19H18ClNO3/c1-3-24-18-16(20)12-15(13-17(18)23-2)19(22)21-11-7-10-14-8-5-4-6-9-14/h4-6,8-9,12-13H,3,11H2,1-2H3,(H,21,22). The summed E-state index contributed by atoms with van der Waals surface area (Å²) in [6, 6.07) is 12.7. The Morgan fingerprint density at radius 3 is 2.67 bits per heavy atom. The van der Waals surface area contributed by atoms with Crippen LogP contribution in [0.5, 0.6) is 11.5 Å². The molecule has 124 valence electrons. The molecule has 0 fully saturated rings. The lowest BCUT2D eigenvalue weighted by Gasteiger charge is -2.12. The molecule has 1 N–H and O–H groups in total. The molecule has 0 radical (unpaired) electrons. The minimum Gasteiger partial charge on any atom is -0.493 e. The van der Waals surface area contributed by atoms with Crippen molar-refractivity contribution in [3.8, 4) is 23.3 Å². The molecule has 2 aromatic rings. The fourth-order valence-electron chi connectivity index (χ4n) is 2.03. The monoisotopic (exact) mass is 343 g/mol. The third-order valence-electron chi connectivity index (χ3n) is 3.12. The van der Waals surface area contributed by atoms with Gasteiger partial charge in [0.1, 0.15) is 0 Å². The van der Waals surface area contributed by atoms with Crippen LogP contribution in [0.3, 0.4) is 0 Å². The Hall–Kier alpha value is -2.64. The molecule has 4 nitrogen and oxygen atoms in total. The highest BCUT2D eigenvalue weighted by Gasteiger charge is 2.15. The molecule has 0 bridgehead atoms. The summed E-state index contributed by atoms with van der Waals surface area (Å²) in [5.74, 6) is 6.46. The maximum atomic E-state index is 12.2. The number of nitrogens with one attached hydrogen (secondary N) is 1. The van der Waals surface area contributed by atoms with Gasteiger partial charge in [-0.1, -0.05) is 41.6 Å². The molecule has 0 aliphatic rings. The Morgan fingerprint density at radius 2 is 2.00 bits per heavy atom. The topological polar surface area (TPSA) is 47.6 Å². The number of halogens is 1. The van der Waals surface area contributed by atoms with E-state index < -0.39 is 0 Å². The highest BCUT2D eigenvalue weighted by molar-refractivity contribution is 6.32. The van der Waals surface area contributed by atoms with Gasteiger partial charge in [-0.05, 0) is 31.2 Å². The quantitative estimate of drug-likeness (QED) is 0.845. The van der Waals surface area contributed by atoms with E-state index in [2.05, 4.69) is 17.2 Å². The van der Waals surface area contributed by atoms with Gasteiger partial charge in [0.2, 0.25) is 0 Å². The van der Waals surface area contributed by atoms with Crippen LogP contribution in [-0.2, 0) is 0 Å². The third kappa shape index (κ3) is 4.68. The Balaban J connectivity index is 2.05. The van der Waals surface area contributed by atoms with E-state index in [1.54, 1.807) is 12.1 Å². The second kappa shape index (κ2) is 8.85. The number of amides is 1. The van der Waals surface area contributed by atoms with E-state index >= 15 is 0 Å². The van der Waals surface area contributed by atoms with Crippen molar-refractivity contribution in [2.45, 2.75) is 6.92 Å². The molecule has 2 aromatic carbocycles. The largest absolute Gasteiger partial charge is 0.493 e. The summed E-state index contributed by atoms with van der Waals surface area (Å²) in [4.78, 5) is 12.2. The minimum atomic E-state index is -0.277. The lowest BCUT2D eigenvalue weighted by atomic mass is 10.2. The van der Waals surface area contributed by atoms with Crippen molar-refractivity contribution in [2.75, 3.05) is 20.3 Å². The second-order valence-electron chi connectivity index (χ2n) is 4.77. The van der Waals surface area contributed by atoms with Crippen LogP contribution in [0.1, 0.15) is 22.8 Å². The Kier molecular flexibility index (Phi) is 6.53. The van der Waals surface area contributed by atoms with Crippen LogP contribution >= 0.6 is 11.6 Å². The summed E-state index contributed by atoms with van der Waals surface area (Å²) in [5, 5.41) is 3.06. The molecule has 0 saturated heterocycles. The van der Waals surface area contributed by atoms with Crippen molar-refractivity contribution in [1.82, 2.24) is 5.32 Å². The first-order chi connectivity index (χ1) is 11.7. The molecule has 24 heavy (non-hydrogen) atoms. The molecule has 0 saturated carbocycles. The Morgan fingerprint density at radius 1 is 1.25 bits per heavy atom. The van der Waals surface area contributed by atoms with E-state index in [4.69, 9.17) is 21.1 Å². The summed E-state index contributed by atoms with van der Waals surface area (Å²) < 4.78 is 10.7. The van der Waals surface area contributed by atoms with Crippen LogP contribution in [0.2, 0.25) is 5.02 Å². The highest BCUT2D eigenvalue weighted by atomic mass is 35.5. The van der Waals surface area contributed by atoms with Crippen molar-refractivity contribution >= 4 is 17.5 Å². The number of ether oxygens (including phenoxy) is 2. The molecule has 0 aliphatic heterocycles. The molecule has 0 aliphatic carbocycles. The van der Waals surface area contributed by atoms with Gasteiger partial charge < -0.3 is 14.8 Å². The fourth-order valence-corrected chi connectivity index (χ4v) is 2.29. The number of rotatable bonds is 5. The van der Waals surface area contributed by atoms with E-state index in [0.29, 0.717) is 28.7 Å². The Labute approximate surface area is 146 Å². The van der Waals surface area contributed by atoms with E-state index in [0.717, 1.165) is 5.56 Å². The van der Waals surface area contributed by atoms with E-state index in [9.17, 15) is 4.79 Å². The smallest absolute Gasteiger partial charge is 0.252 e. The molecule has 2 rings (SSSR count). The number of methoxy groups -OCH3 is 1. The fraction of sp³-hybridized carbons (Fsp3) is 0.211. The molecular weight excluding hydrogens is 326 g/mol. The molecule has 5 heteroatoms. The van der Waals surface area contributed by atoms with Crippen molar-refractivity contribution in [3.05, 3.63) is 58.6 Å². The number of hydrogen-bond donors (Lipinski definition) is 1. The zero-order valence-electron chi connectivity index (χ0n) is 13.6. The van der Waals surface area contributed by atoms with Crippen molar-refractivity contribution in [1.29, 1.82) is 0 Å². The van der Waals surface area contributed by atoms with E-state index in [-0.39, 0.29) is 12.5 Å². The second-order valence-corrected chi connectivity index (χ2v) is 5.18. The van der Waals surface area contributed by atoms with Gasteiger partial charge in [0.15, 0.2) is 11.5 Å². The SMILES string of the molecule is CCOc1c(Cl)cc(C(=O)NCC#Cc2ccccc2)cc1OC.